The number of carbonyl (C=O) groups is 1. The van der Waals surface area contributed by atoms with E-state index in [1.165, 1.54) is 12.5 Å². The van der Waals surface area contributed by atoms with Crippen molar-refractivity contribution in [2.75, 3.05) is 13.1 Å². The zero-order valence-electron chi connectivity index (χ0n) is 11.2. The highest BCUT2D eigenvalue weighted by Crippen LogP contribution is 2.31. The predicted molar refractivity (Wildman–Crippen MR) is 75.2 cm³/mol. The number of carboxylic acid groups (broad SMARTS) is 1. The molecule has 1 aliphatic heterocycles. The molecule has 106 valence electrons. The number of hydrogen-bond donors (Lipinski definition) is 2. The number of nitriles is 1. The molecule has 6 nitrogen and oxygen atoms in total. The molecular formula is C15H14N4O2. The molecule has 2 unspecified atom stereocenters. The van der Waals surface area contributed by atoms with Crippen LogP contribution in [0.25, 0.3) is 5.69 Å². The molecule has 3 rings (SSSR count). The van der Waals surface area contributed by atoms with Crippen LogP contribution >= 0.6 is 0 Å². The van der Waals surface area contributed by atoms with E-state index in [0.717, 1.165) is 17.8 Å². The molecular weight excluding hydrogens is 268 g/mol. The smallest absolute Gasteiger partial charge is 0.356 e. The van der Waals surface area contributed by atoms with Crippen LogP contribution in [0.2, 0.25) is 0 Å². The monoisotopic (exact) mass is 282 g/mol. The second-order valence-corrected chi connectivity index (χ2v) is 5.03. The number of benzene rings is 1. The number of aromatic nitrogens is 2. The van der Waals surface area contributed by atoms with Crippen LogP contribution in [0.4, 0.5) is 0 Å². The lowest BCUT2D eigenvalue weighted by Gasteiger charge is -2.17. The van der Waals surface area contributed by atoms with Gasteiger partial charge in [0.05, 0.1) is 17.7 Å². The average Bonchev–Trinajstić information content (AvgIpc) is 3.16. The number of nitrogens with zero attached hydrogens (tertiary/aromatic N) is 3. The van der Waals surface area contributed by atoms with Crippen LogP contribution in [0, 0.1) is 17.2 Å². The van der Waals surface area contributed by atoms with Crippen LogP contribution in [-0.2, 0) is 0 Å². The van der Waals surface area contributed by atoms with Gasteiger partial charge in [0.1, 0.15) is 6.33 Å². The van der Waals surface area contributed by atoms with Gasteiger partial charge in [-0.3, -0.25) is 0 Å². The van der Waals surface area contributed by atoms with Crippen molar-refractivity contribution in [1.82, 2.24) is 14.9 Å². The summed E-state index contributed by atoms with van der Waals surface area (Å²) in [6.45, 7) is 1.43. The fourth-order valence-corrected chi connectivity index (χ4v) is 2.74. The van der Waals surface area contributed by atoms with Gasteiger partial charge in [0.25, 0.3) is 0 Å². The highest BCUT2D eigenvalue weighted by atomic mass is 16.4. The first-order valence-electron chi connectivity index (χ1n) is 6.67. The zero-order valence-corrected chi connectivity index (χ0v) is 11.2. The Morgan fingerprint density at radius 3 is 2.95 bits per heavy atom. The van der Waals surface area contributed by atoms with Gasteiger partial charge in [-0.15, -0.1) is 0 Å². The summed E-state index contributed by atoms with van der Waals surface area (Å²) in [5.41, 5.74) is 1.90. The fourth-order valence-electron chi connectivity index (χ4n) is 2.74. The molecule has 6 heteroatoms. The maximum absolute atomic E-state index is 11.0. The van der Waals surface area contributed by atoms with Crippen LogP contribution in [0.5, 0.6) is 0 Å². The predicted octanol–water partition coefficient (Wildman–Crippen LogP) is 1.40. The van der Waals surface area contributed by atoms with Gasteiger partial charge in [-0.2, -0.15) is 5.26 Å². The maximum atomic E-state index is 11.0. The van der Waals surface area contributed by atoms with E-state index in [9.17, 15) is 10.1 Å². The molecule has 1 fully saturated rings. The molecule has 0 spiro atoms. The van der Waals surface area contributed by atoms with E-state index >= 15 is 0 Å². The first-order chi connectivity index (χ1) is 10.2. The molecule has 0 saturated carbocycles. The molecule has 1 aromatic carbocycles. The van der Waals surface area contributed by atoms with E-state index < -0.39 is 5.97 Å². The Hall–Kier alpha value is -2.65. The summed E-state index contributed by atoms with van der Waals surface area (Å²) < 4.78 is 1.70. The number of aromatic carboxylic acids is 1. The van der Waals surface area contributed by atoms with Crippen molar-refractivity contribution in [3.8, 4) is 11.8 Å². The van der Waals surface area contributed by atoms with Gasteiger partial charge in [-0.1, -0.05) is 18.2 Å². The van der Waals surface area contributed by atoms with Gasteiger partial charge < -0.3 is 15.0 Å². The first-order valence-corrected chi connectivity index (χ1v) is 6.67. The summed E-state index contributed by atoms with van der Waals surface area (Å²) in [6, 6.07) is 10.1. The van der Waals surface area contributed by atoms with E-state index in [1.807, 2.05) is 24.3 Å². The highest BCUT2D eigenvalue weighted by molar-refractivity contribution is 5.85. The number of carboxylic acids is 1. The summed E-state index contributed by atoms with van der Waals surface area (Å²) in [7, 11) is 0. The molecule has 0 radical (unpaired) electrons. The largest absolute Gasteiger partial charge is 0.476 e. The van der Waals surface area contributed by atoms with Crippen molar-refractivity contribution in [2.24, 2.45) is 5.92 Å². The summed E-state index contributed by atoms with van der Waals surface area (Å²) in [5, 5.41) is 21.5. The minimum atomic E-state index is -1.05. The molecule has 0 amide bonds. The first kappa shape index (κ1) is 13.3. The maximum Gasteiger partial charge on any atom is 0.356 e. The fraction of sp³-hybridized carbons (Fsp3) is 0.267. The summed E-state index contributed by atoms with van der Waals surface area (Å²) in [6.07, 6.45) is 2.98. The molecule has 0 aliphatic carbocycles. The topological polar surface area (TPSA) is 90.9 Å². The van der Waals surface area contributed by atoms with Crippen LogP contribution in [0.1, 0.15) is 22.0 Å². The minimum Gasteiger partial charge on any atom is -0.476 e. The Labute approximate surface area is 121 Å². The van der Waals surface area contributed by atoms with Gasteiger partial charge in [0.15, 0.2) is 5.69 Å². The van der Waals surface area contributed by atoms with Gasteiger partial charge in [0.2, 0.25) is 0 Å². The molecule has 1 aliphatic rings. The quantitative estimate of drug-likeness (QED) is 0.888. The number of para-hydroxylation sites is 1. The van der Waals surface area contributed by atoms with Crippen LogP contribution in [-0.4, -0.2) is 33.7 Å². The standard InChI is InChI=1S/C15H14N4O2/c16-5-10-6-17-7-12(10)11-3-1-2-4-14(11)19-8-13(15(20)21)18-9-19/h1-4,8-10,12,17H,6-7H2,(H,20,21). The SMILES string of the molecule is N#CC1CNCC1c1ccccc1-n1cnc(C(=O)O)c1. The average molecular weight is 282 g/mol. The lowest BCUT2D eigenvalue weighted by molar-refractivity contribution is 0.0691. The third-order valence-corrected chi connectivity index (χ3v) is 3.80. The summed E-state index contributed by atoms with van der Waals surface area (Å²) in [4.78, 5) is 14.8. The van der Waals surface area contributed by atoms with E-state index in [1.54, 1.807) is 4.57 Å². The van der Waals surface area contributed by atoms with Crippen molar-refractivity contribution in [1.29, 1.82) is 5.26 Å². The van der Waals surface area contributed by atoms with Gasteiger partial charge >= 0.3 is 5.97 Å². The van der Waals surface area contributed by atoms with E-state index in [2.05, 4.69) is 16.4 Å². The summed E-state index contributed by atoms with van der Waals surface area (Å²) in [5.74, 6) is -1.03. The normalized spacial score (nSPS) is 21.1. The number of imidazole rings is 1. The molecule has 1 saturated heterocycles. The molecule has 21 heavy (non-hydrogen) atoms. The number of hydrogen-bond acceptors (Lipinski definition) is 4. The lowest BCUT2D eigenvalue weighted by atomic mass is 9.89. The van der Waals surface area contributed by atoms with Gasteiger partial charge in [-0.25, -0.2) is 9.78 Å². The Bertz CT molecular complexity index is 716. The molecule has 2 aromatic rings. The second-order valence-electron chi connectivity index (χ2n) is 5.03. The highest BCUT2D eigenvalue weighted by Gasteiger charge is 2.30. The van der Waals surface area contributed by atoms with Crippen molar-refractivity contribution >= 4 is 5.97 Å². The Balaban J connectivity index is 2.03. The van der Waals surface area contributed by atoms with Crippen LogP contribution < -0.4 is 5.32 Å². The van der Waals surface area contributed by atoms with Gasteiger partial charge in [0, 0.05) is 25.2 Å². The van der Waals surface area contributed by atoms with Crippen LogP contribution in [0.15, 0.2) is 36.8 Å². The molecule has 2 N–H and O–H groups in total. The van der Waals surface area contributed by atoms with Crippen LogP contribution in [0.3, 0.4) is 0 Å². The minimum absolute atomic E-state index is 0.00573. The molecule has 2 atom stereocenters. The molecule has 0 bridgehead atoms. The Morgan fingerprint density at radius 1 is 1.43 bits per heavy atom. The Kier molecular flexibility index (Phi) is 3.42. The van der Waals surface area contributed by atoms with Crippen molar-refractivity contribution < 1.29 is 9.90 Å². The van der Waals surface area contributed by atoms with E-state index in [-0.39, 0.29) is 17.5 Å². The number of nitrogens with one attached hydrogen (secondary N) is 1. The van der Waals surface area contributed by atoms with E-state index in [0.29, 0.717) is 6.54 Å². The lowest BCUT2D eigenvalue weighted by Crippen LogP contribution is -2.11. The third-order valence-electron chi connectivity index (χ3n) is 3.80. The van der Waals surface area contributed by atoms with Crippen molar-refractivity contribution in [3.05, 3.63) is 48.0 Å². The molecule has 2 heterocycles. The summed E-state index contributed by atoms with van der Waals surface area (Å²) >= 11 is 0. The zero-order chi connectivity index (χ0) is 14.8. The van der Waals surface area contributed by atoms with Crippen molar-refractivity contribution in [2.45, 2.75) is 5.92 Å². The molecule has 1 aromatic heterocycles. The Morgan fingerprint density at radius 2 is 2.24 bits per heavy atom. The number of rotatable bonds is 3. The van der Waals surface area contributed by atoms with Crippen molar-refractivity contribution in [3.63, 3.8) is 0 Å². The third kappa shape index (κ3) is 2.39. The van der Waals surface area contributed by atoms with E-state index in [4.69, 9.17) is 5.11 Å². The second kappa shape index (κ2) is 5.38. The van der Waals surface area contributed by atoms with Gasteiger partial charge in [-0.05, 0) is 11.6 Å².